The summed E-state index contributed by atoms with van der Waals surface area (Å²) < 4.78 is 5.48. The number of amides is 1. The molecule has 1 aliphatic rings. The van der Waals surface area contributed by atoms with E-state index in [1.54, 1.807) is 6.08 Å². The van der Waals surface area contributed by atoms with Gasteiger partial charge < -0.3 is 10.5 Å². The summed E-state index contributed by atoms with van der Waals surface area (Å²) in [6.45, 7) is 2.77. The molecule has 2 rings (SSSR count). The fraction of sp³-hybridized carbons (Fsp3) is 0.231. The monoisotopic (exact) mass is 262 g/mol. The Morgan fingerprint density at radius 1 is 1.39 bits per heavy atom. The molecule has 1 amide bonds. The molecule has 1 aromatic rings. The number of hydrogen-bond donors (Lipinski definition) is 1. The summed E-state index contributed by atoms with van der Waals surface area (Å²) in [7, 11) is 0. The lowest BCUT2D eigenvalue weighted by Gasteiger charge is -2.04. The third-order valence-corrected chi connectivity index (χ3v) is 3.10. The second-order valence-electron chi connectivity index (χ2n) is 3.78. The Labute approximate surface area is 110 Å². The lowest BCUT2D eigenvalue weighted by molar-refractivity contribution is -0.113. The summed E-state index contributed by atoms with van der Waals surface area (Å²) in [4.78, 5) is 15.6. The fourth-order valence-corrected chi connectivity index (χ4v) is 2.14. The number of aliphatic imine (C=N–C) groups is 1. The van der Waals surface area contributed by atoms with Crippen molar-refractivity contribution < 1.29 is 9.53 Å². The summed E-state index contributed by atoms with van der Waals surface area (Å²) in [6, 6.07) is 7.58. The van der Waals surface area contributed by atoms with E-state index in [0.717, 1.165) is 17.7 Å². The highest BCUT2D eigenvalue weighted by molar-refractivity contribution is 8.18. The molecule has 0 atom stereocenters. The van der Waals surface area contributed by atoms with Crippen molar-refractivity contribution in [2.45, 2.75) is 13.3 Å². The topological polar surface area (TPSA) is 64.7 Å². The van der Waals surface area contributed by atoms with Gasteiger partial charge in [-0.3, -0.25) is 4.79 Å². The van der Waals surface area contributed by atoms with E-state index in [2.05, 4.69) is 11.9 Å². The molecule has 1 aliphatic heterocycles. The number of thioether (sulfide) groups is 1. The molecule has 0 saturated carbocycles. The summed E-state index contributed by atoms with van der Waals surface area (Å²) in [5.41, 5.74) is 6.41. The van der Waals surface area contributed by atoms with Gasteiger partial charge in [0.15, 0.2) is 5.17 Å². The van der Waals surface area contributed by atoms with E-state index in [1.165, 1.54) is 11.8 Å². The van der Waals surface area contributed by atoms with E-state index in [0.29, 0.717) is 16.7 Å². The molecule has 18 heavy (non-hydrogen) atoms. The standard InChI is InChI=1S/C13H14N2O2S/c1-2-7-17-10-5-3-9(4-6-10)8-11-12(16)15-13(14)18-11/h3-6,8H,2,7H2,1H3,(H2,14,15,16)/b11-8-. The average molecular weight is 262 g/mol. The molecule has 1 heterocycles. The maximum atomic E-state index is 11.4. The van der Waals surface area contributed by atoms with Crippen molar-refractivity contribution in [1.29, 1.82) is 0 Å². The number of hydrogen-bond acceptors (Lipinski definition) is 4. The van der Waals surface area contributed by atoms with E-state index in [9.17, 15) is 4.79 Å². The van der Waals surface area contributed by atoms with Crippen LogP contribution in [0.2, 0.25) is 0 Å². The van der Waals surface area contributed by atoms with Gasteiger partial charge in [0, 0.05) is 0 Å². The molecule has 0 aromatic heterocycles. The Morgan fingerprint density at radius 2 is 2.11 bits per heavy atom. The first-order valence-electron chi connectivity index (χ1n) is 5.70. The average Bonchev–Trinajstić information content (AvgIpc) is 2.67. The van der Waals surface area contributed by atoms with Crippen LogP contribution in [-0.2, 0) is 4.79 Å². The number of ether oxygens (including phenoxy) is 1. The summed E-state index contributed by atoms with van der Waals surface area (Å²) in [5.74, 6) is 0.559. The smallest absolute Gasteiger partial charge is 0.286 e. The lowest BCUT2D eigenvalue weighted by Crippen LogP contribution is -2.01. The molecule has 2 N–H and O–H groups in total. The van der Waals surface area contributed by atoms with Gasteiger partial charge in [-0.2, -0.15) is 4.99 Å². The Bertz CT molecular complexity index is 506. The van der Waals surface area contributed by atoms with Crippen LogP contribution in [0.1, 0.15) is 18.9 Å². The van der Waals surface area contributed by atoms with Gasteiger partial charge in [-0.15, -0.1) is 0 Å². The molecule has 0 fully saturated rings. The van der Waals surface area contributed by atoms with Crippen molar-refractivity contribution in [2.24, 2.45) is 10.7 Å². The Morgan fingerprint density at radius 3 is 2.67 bits per heavy atom. The van der Waals surface area contributed by atoms with Gasteiger partial charge >= 0.3 is 0 Å². The number of amidine groups is 1. The van der Waals surface area contributed by atoms with Gasteiger partial charge in [-0.05, 0) is 42.0 Å². The molecule has 5 heteroatoms. The molecule has 1 aromatic carbocycles. The molecular weight excluding hydrogens is 248 g/mol. The summed E-state index contributed by atoms with van der Waals surface area (Å²) >= 11 is 1.19. The minimum Gasteiger partial charge on any atom is -0.494 e. The van der Waals surface area contributed by atoms with Crippen molar-refractivity contribution in [3.05, 3.63) is 34.7 Å². The van der Waals surface area contributed by atoms with Crippen molar-refractivity contribution in [2.75, 3.05) is 6.61 Å². The second kappa shape index (κ2) is 5.73. The molecule has 0 aliphatic carbocycles. The SMILES string of the molecule is CCCOc1ccc(/C=C2\SC(N)=NC2=O)cc1. The molecule has 0 spiro atoms. The minimum absolute atomic E-state index is 0.274. The summed E-state index contributed by atoms with van der Waals surface area (Å²) in [5, 5.41) is 0.300. The van der Waals surface area contributed by atoms with Gasteiger partial charge in [-0.25, -0.2) is 0 Å². The van der Waals surface area contributed by atoms with Gasteiger partial charge in [-0.1, -0.05) is 19.1 Å². The molecule has 0 radical (unpaired) electrons. The Balaban J connectivity index is 2.07. The number of rotatable bonds is 4. The normalized spacial score (nSPS) is 17.1. The fourth-order valence-electron chi connectivity index (χ4n) is 1.46. The van der Waals surface area contributed by atoms with E-state index in [4.69, 9.17) is 10.5 Å². The van der Waals surface area contributed by atoms with Crippen LogP contribution in [0, 0.1) is 0 Å². The third-order valence-electron chi connectivity index (χ3n) is 2.29. The van der Waals surface area contributed by atoms with E-state index in [1.807, 2.05) is 24.3 Å². The van der Waals surface area contributed by atoms with Gasteiger partial charge in [0.2, 0.25) is 0 Å². The van der Waals surface area contributed by atoms with Gasteiger partial charge in [0.05, 0.1) is 11.5 Å². The van der Waals surface area contributed by atoms with Crippen LogP contribution in [0.25, 0.3) is 6.08 Å². The maximum absolute atomic E-state index is 11.4. The predicted molar refractivity (Wildman–Crippen MR) is 74.4 cm³/mol. The number of nitrogens with zero attached hydrogens (tertiary/aromatic N) is 1. The van der Waals surface area contributed by atoms with E-state index < -0.39 is 0 Å². The van der Waals surface area contributed by atoms with Crippen LogP contribution in [0.5, 0.6) is 5.75 Å². The van der Waals surface area contributed by atoms with Crippen LogP contribution >= 0.6 is 11.8 Å². The van der Waals surface area contributed by atoms with Crippen LogP contribution in [0.15, 0.2) is 34.2 Å². The first-order chi connectivity index (χ1) is 8.69. The quantitative estimate of drug-likeness (QED) is 0.846. The number of carbonyl (C=O) groups excluding carboxylic acids is 1. The van der Waals surface area contributed by atoms with Crippen molar-refractivity contribution in [3.8, 4) is 5.75 Å². The number of nitrogens with two attached hydrogens (primary N) is 1. The molecule has 94 valence electrons. The highest BCUT2D eigenvalue weighted by Crippen LogP contribution is 2.26. The third kappa shape index (κ3) is 3.13. The van der Waals surface area contributed by atoms with Crippen molar-refractivity contribution in [1.82, 2.24) is 0 Å². The zero-order valence-corrected chi connectivity index (χ0v) is 10.9. The predicted octanol–water partition coefficient (Wildman–Crippen LogP) is 2.40. The molecule has 0 unspecified atom stereocenters. The van der Waals surface area contributed by atoms with Gasteiger partial charge in [0.25, 0.3) is 5.91 Å². The van der Waals surface area contributed by atoms with Crippen LogP contribution in [0.4, 0.5) is 0 Å². The highest BCUT2D eigenvalue weighted by atomic mass is 32.2. The maximum Gasteiger partial charge on any atom is 0.286 e. The first kappa shape index (κ1) is 12.7. The van der Waals surface area contributed by atoms with Crippen LogP contribution in [-0.4, -0.2) is 17.7 Å². The van der Waals surface area contributed by atoms with Crippen molar-refractivity contribution in [3.63, 3.8) is 0 Å². The molecule has 0 saturated heterocycles. The minimum atomic E-state index is -0.274. The second-order valence-corrected chi connectivity index (χ2v) is 4.85. The van der Waals surface area contributed by atoms with Crippen LogP contribution in [0.3, 0.4) is 0 Å². The van der Waals surface area contributed by atoms with Gasteiger partial charge in [0.1, 0.15) is 5.75 Å². The summed E-state index contributed by atoms with van der Waals surface area (Å²) in [6.07, 6.45) is 2.76. The number of benzene rings is 1. The van der Waals surface area contributed by atoms with Crippen LogP contribution < -0.4 is 10.5 Å². The Kier molecular flexibility index (Phi) is 4.04. The molecule has 4 nitrogen and oxygen atoms in total. The lowest BCUT2D eigenvalue weighted by atomic mass is 10.2. The number of carbonyl (C=O) groups is 1. The zero-order chi connectivity index (χ0) is 13.0. The zero-order valence-electron chi connectivity index (χ0n) is 10.1. The molecule has 0 bridgehead atoms. The highest BCUT2D eigenvalue weighted by Gasteiger charge is 2.19. The van der Waals surface area contributed by atoms with E-state index in [-0.39, 0.29) is 5.91 Å². The first-order valence-corrected chi connectivity index (χ1v) is 6.51. The Hall–Kier alpha value is -1.75. The van der Waals surface area contributed by atoms with E-state index >= 15 is 0 Å². The molecular formula is C13H14N2O2S. The van der Waals surface area contributed by atoms with Crippen molar-refractivity contribution >= 4 is 28.9 Å². The largest absolute Gasteiger partial charge is 0.494 e.